The molecule has 0 heterocycles. The summed E-state index contributed by atoms with van der Waals surface area (Å²) >= 11 is 0. The van der Waals surface area contributed by atoms with Crippen LogP contribution in [0.4, 0.5) is 0 Å². The summed E-state index contributed by atoms with van der Waals surface area (Å²) in [6.07, 6.45) is -0.505. The number of benzene rings is 1. The molecule has 0 amide bonds. The molecule has 0 aliphatic carbocycles. The van der Waals surface area contributed by atoms with Gasteiger partial charge >= 0.3 is 0 Å². The van der Waals surface area contributed by atoms with Crippen LogP contribution in [-0.2, 0) is 16.5 Å². The first kappa shape index (κ1) is 10.2. The Morgan fingerprint density at radius 2 is 1.85 bits per heavy atom. The normalized spacial score (nSPS) is 13.2. The molecule has 0 aliphatic heterocycles. The maximum atomic E-state index is 10.4. The van der Waals surface area contributed by atoms with Crippen molar-refractivity contribution in [3.8, 4) is 0 Å². The quantitative estimate of drug-likeness (QED) is 0.711. The van der Waals surface area contributed by atoms with Crippen molar-refractivity contribution in [3.63, 3.8) is 0 Å². The Bertz CT molecular complexity index is 330. The average Bonchev–Trinajstić information content (AvgIpc) is 2.04. The fourth-order valence-corrected chi connectivity index (χ4v) is 1.56. The first-order chi connectivity index (χ1) is 6.09. The molecule has 1 aromatic rings. The highest BCUT2D eigenvalue weighted by molar-refractivity contribution is 7.71. The monoisotopic (exact) mass is 200 g/mol. The number of aliphatic hydroxyl groups is 1. The Kier molecular flexibility index (Phi) is 3.45. The van der Waals surface area contributed by atoms with Crippen molar-refractivity contribution in [1.82, 2.24) is 0 Å². The largest absolute Gasteiger partial charge is 0.389 e. The van der Waals surface area contributed by atoms with Gasteiger partial charge in [0.05, 0.1) is 11.9 Å². The zero-order valence-corrected chi connectivity index (χ0v) is 8.20. The van der Waals surface area contributed by atoms with Crippen molar-refractivity contribution in [2.75, 3.05) is 0 Å². The van der Waals surface area contributed by atoms with Crippen LogP contribution < -0.4 is 0 Å². The highest BCUT2D eigenvalue weighted by Gasteiger charge is 2.00. The second kappa shape index (κ2) is 4.39. The molecular weight excluding hydrogens is 188 g/mol. The van der Waals surface area contributed by atoms with Gasteiger partial charge in [-0.25, -0.2) is 8.42 Å². The van der Waals surface area contributed by atoms with Gasteiger partial charge in [-0.3, -0.25) is 0 Å². The third-order valence-electron chi connectivity index (χ3n) is 1.77. The van der Waals surface area contributed by atoms with Crippen LogP contribution in [0.5, 0.6) is 0 Å². The molecule has 0 fully saturated rings. The number of hydrogen-bond acceptors (Lipinski definition) is 3. The second-order valence-electron chi connectivity index (χ2n) is 2.91. The molecule has 0 saturated carbocycles. The van der Waals surface area contributed by atoms with E-state index in [0.29, 0.717) is 0 Å². The molecule has 1 aromatic carbocycles. The third kappa shape index (κ3) is 3.16. The van der Waals surface area contributed by atoms with Crippen LogP contribution in [0.1, 0.15) is 24.2 Å². The molecule has 0 spiro atoms. The van der Waals surface area contributed by atoms with E-state index < -0.39 is 16.8 Å². The summed E-state index contributed by atoms with van der Waals surface area (Å²) in [6, 6.07) is 6.90. The number of hydrogen-bond donors (Lipinski definition) is 2. The van der Waals surface area contributed by atoms with E-state index in [1.54, 1.807) is 31.2 Å². The Morgan fingerprint density at radius 1 is 1.31 bits per heavy atom. The topological polar surface area (TPSA) is 54.4 Å². The van der Waals surface area contributed by atoms with Crippen molar-refractivity contribution in [3.05, 3.63) is 35.4 Å². The lowest BCUT2D eigenvalue weighted by molar-refractivity contribution is 0.199. The van der Waals surface area contributed by atoms with E-state index >= 15 is 0 Å². The van der Waals surface area contributed by atoms with Gasteiger partial charge in [0, 0.05) is 0 Å². The number of thiol groups is 1. The van der Waals surface area contributed by atoms with E-state index in [2.05, 4.69) is 0 Å². The molecule has 0 radical (unpaired) electrons. The standard InChI is InChI=1S/C9H12O3S/c1-7(10)9-4-2-8(3-5-9)6-13(11)12/h2-5,7,10,13H,6H2,1H3. The molecule has 4 heteroatoms. The van der Waals surface area contributed by atoms with Gasteiger partial charge in [0.2, 0.25) is 0 Å². The summed E-state index contributed by atoms with van der Waals surface area (Å²) < 4.78 is 20.8. The van der Waals surface area contributed by atoms with Gasteiger partial charge in [-0.05, 0) is 18.1 Å². The van der Waals surface area contributed by atoms with E-state index in [1.165, 1.54) is 0 Å². The minimum Gasteiger partial charge on any atom is -0.389 e. The highest BCUT2D eigenvalue weighted by atomic mass is 32.2. The molecular formula is C9H12O3S. The minimum atomic E-state index is -2.36. The summed E-state index contributed by atoms with van der Waals surface area (Å²) in [5.41, 5.74) is 1.55. The second-order valence-corrected chi connectivity index (χ2v) is 3.89. The van der Waals surface area contributed by atoms with Crippen LogP contribution in [0, 0.1) is 0 Å². The molecule has 1 unspecified atom stereocenters. The van der Waals surface area contributed by atoms with E-state index in [4.69, 9.17) is 0 Å². The summed E-state index contributed by atoms with van der Waals surface area (Å²) in [5.74, 6) is 0.0649. The molecule has 3 nitrogen and oxygen atoms in total. The van der Waals surface area contributed by atoms with Crippen LogP contribution >= 0.6 is 0 Å². The predicted octanol–water partition coefficient (Wildman–Crippen LogP) is 0.851. The zero-order valence-electron chi connectivity index (χ0n) is 7.30. The van der Waals surface area contributed by atoms with Gasteiger partial charge < -0.3 is 5.11 Å². The van der Waals surface area contributed by atoms with Crippen molar-refractivity contribution in [1.29, 1.82) is 0 Å². The maximum absolute atomic E-state index is 10.4. The van der Waals surface area contributed by atoms with E-state index in [9.17, 15) is 13.5 Å². The molecule has 0 aliphatic rings. The SMILES string of the molecule is CC(O)c1ccc(C[SH](=O)=O)cc1. The van der Waals surface area contributed by atoms with Crippen molar-refractivity contribution >= 4 is 10.7 Å². The molecule has 1 rings (SSSR count). The van der Waals surface area contributed by atoms with Crippen LogP contribution in [0.15, 0.2) is 24.3 Å². The minimum absolute atomic E-state index is 0.0649. The average molecular weight is 200 g/mol. The third-order valence-corrected chi connectivity index (χ3v) is 2.40. The molecule has 0 saturated heterocycles. The summed E-state index contributed by atoms with van der Waals surface area (Å²) in [7, 11) is -2.36. The lowest BCUT2D eigenvalue weighted by Crippen LogP contribution is -1.92. The lowest BCUT2D eigenvalue weighted by atomic mass is 10.1. The Hall–Kier alpha value is -0.870. The predicted molar refractivity (Wildman–Crippen MR) is 51.1 cm³/mol. The highest BCUT2D eigenvalue weighted by Crippen LogP contribution is 2.12. The number of aliphatic hydroxyl groups excluding tert-OH is 1. The fraction of sp³-hybridized carbons (Fsp3) is 0.333. The Labute approximate surface area is 79.0 Å². The Balaban J connectivity index is 2.81. The Morgan fingerprint density at radius 3 is 2.23 bits per heavy atom. The zero-order chi connectivity index (χ0) is 9.84. The first-order valence-electron chi connectivity index (χ1n) is 3.98. The molecule has 1 N–H and O–H groups in total. The van der Waals surface area contributed by atoms with Gasteiger partial charge in [0.25, 0.3) is 0 Å². The van der Waals surface area contributed by atoms with Crippen LogP contribution in [0.3, 0.4) is 0 Å². The molecule has 13 heavy (non-hydrogen) atoms. The first-order valence-corrected chi connectivity index (χ1v) is 5.34. The van der Waals surface area contributed by atoms with Gasteiger partial charge in [0.15, 0.2) is 0 Å². The maximum Gasteiger partial charge on any atom is 0.144 e. The van der Waals surface area contributed by atoms with Crippen molar-refractivity contribution < 1.29 is 13.5 Å². The van der Waals surface area contributed by atoms with Crippen LogP contribution in [0.25, 0.3) is 0 Å². The smallest absolute Gasteiger partial charge is 0.144 e. The molecule has 0 bridgehead atoms. The van der Waals surface area contributed by atoms with Gasteiger partial charge in [-0.1, -0.05) is 24.3 Å². The van der Waals surface area contributed by atoms with Crippen LogP contribution in [0.2, 0.25) is 0 Å². The summed E-state index contributed by atoms with van der Waals surface area (Å²) in [6.45, 7) is 1.67. The summed E-state index contributed by atoms with van der Waals surface area (Å²) in [4.78, 5) is 0. The van der Waals surface area contributed by atoms with E-state index in [0.717, 1.165) is 11.1 Å². The molecule has 1 atom stereocenters. The number of rotatable bonds is 3. The molecule has 72 valence electrons. The van der Waals surface area contributed by atoms with Crippen LogP contribution in [-0.4, -0.2) is 13.5 Å². The fourth-order valence-electron chi connectivity index (χ4n) is 1.05. The van der Waals surface area contributed by atoms with Gasteiger partial charge in [-0.2, -0.15) is 0 Å². The lowest BCUT2D eigenvalue weighted by Gasteiger charge is -2.04. The van der Waals surface area contributed by atoms with Crippen molar-refractivity contribution in [2.45, 2.75) is 18.8 Å². The van der Waals surface area contributed by atoms with Gasteiger partial charge in [-0.15, -0.1) is 0 Å². The van der Waals surface area contributed by atoms with E-state index in [1.807, 2.05) is 0 Å². The van der Waals surface area contributed by atoms with Gasteiger partial charge in [0.1, 0.15) is 10.7 Å². The molecule has 0 aromatic heterocycles. The van der Waals surface area contributed by atoms with E-state index in [-0.39, 0.29) is 5.75 Å². The summed E-state index contributed by atoms with van der Waals surface area (Å²) in [5, 5.41) is 9.18. The van der Waals surface area contributed by atoms with Crippen molar-refractivity contribution in [2.24, 2.45) is 0 Å².